The lowest BCUT2D eigenvalue weighted by molar-refractivity contribution is 0.0859. The lowest BCUT2D eigenvalue weighted by Gasteiger charge is -2.17. The molecule has 4 heteroatoms. The molecule has 1 aromatic carbocycles. The minimum absolute atomic E-state index is 0.0638. The number of carbonyl (C=O) groups is 1. The third-order valence-corrected chi connectivity index (χ3v) is 2.61. The number of carbonyl (C=O) groups excluding carboxylic acids is 1. The van der Waals surface area contributed by atoms with E-state index in [9.17, 15) is 4.79 Å². The van der Waals surface area contributed by atoms with Crippen LogP contribution in [0.4, 0.5) is 0 Å². The molecule has 0 saturated carbocycles. The van der Waals surface area contributed by atoms with Crippen LogP contribution in [0.5, 0.6) is 0 Å². The maximum atomic E-state index is 12.4. The summed E-state index contributed by atoms with van der Waals surface area (Å²) in [6, 6.07) is 7.31. The Hall–Kier alpha value is -1.97. The molecule has 18 heavy (non-hydrogen) atoms. The molecule has 0 N–H and O–H groups in total. The van der Waals surface area contributed by atoms with E-state index in [1.165, 1.54) is 0 Å². The SMILES string of the molecule is Cc1noc(-c2ccccc2C(=O)C(C)(C)C)n1. The number of aromatic nitrogens is 2. The summed E-state index contributed by atoms with van der Waals surface area (Å²) in [7, 11) is 0. The van der Waals surface area contributed by atoms with E-state index in [-0.39, 0.29) is 5.78 Å². The smallest absolute Gasteiger partial charge is 0.258 e. The van der Waals surface area contributed by atoms with Gasteiger partial charge in [-0.05, 0) is 13.0 Å². The highest BCUT2D eigenvalue weighted by Gasteiger charge is 2.26. The number of ketones is 1. The molecule has 0 atom stereocenters. The summed E-state index contributed by atoms with van der Waals surface area (Å²) in [6.45, 7) is 7.43. The highest BCUT2D eigenvalue weighted by molar-refractivity contribution is 6.04. The third kappa shape index (κ3) is 2.32. The molecule has 0 spiro atoms. The number of benzene rings is 1. The third-order valence-electron chi connectivity index (χ3n) is 2.61. The predicted octanol–water partition coefficient (Wildman–Crippen LogP) is 3.27. The summed E-state index contributed by atoms with van der Waals surface area (Å²) < 4.78 is 5.14. The van der Waals surface area contributed by atoms with Crippen molar-refractivity contribution in [2.45, 2.75) is 27.7 Å². The molecule has 4 nitrogen and oxygen atoms in total. The number of hydrogen-bond donors (Lipinski definition) is 0. The lowest BCUT2D eigenvalue weighted by atomic mass is 9.84. The van der Waals surface area contributed by atoms with Gasteiger partial charge in [0.1, 0.15) is 0 Å². The fourth-order valence-electron chi connectivity index (χ4n) is 1.68. The van der Waals surface area contributed by atoms with Crippen LogP contribution in [0.15, 0.2) is 28.8 Å². The van der Waals surface area contributed by atoms with Crippen molar-refractivity contribution in [3.63, 3.8) is 0 Å². The predicted molar refractivity (Wildman–Crippen MR) is 68.3 cm³/mol. The van der Waals surface area contributed by atoms with Gasteiger partial charge in [-0.3, -0.25) is 4.79 Å². The fraction of sp³-hybridized carbons (Fsp3) is 0.357. The van der Waals surface area contributed by atoms with Gasteiger partial charge in [0.05, 0.1) is 5.56 Å². The molecule has 0 aliphatic rings. The van der Waals surface area contributed by atoms with E-state index >= 15 is 0 Å². The van der Waals surface area contributed by atoms with Crippen molar-refractivity contribution >= 4 is 5.78 Å². The van der Waals surface area contributed by atoms with E-state index in [0.29, 0.717) is 22.8 Å². The van der Waals surface area contributed by atoms with E-state index in [1.54, 1.807) is 13.0 Å². The Morgan fingerprint density at radius 2 is 1.89 bits per heavy atom. The minimum Gasteiger partial charge on any atom is -0.334 e. The van der Waals surface area contributed by atoms with Crippen molar-refractivity contribution in [3.05, 3.63) is 35.7 Å². The van der Waals surface area contributed by atoms with Crippen LogP contribution in [-0.2, 0) is 0 Å². The maximum absolute atomic E-state index is 12.4. The molecule has 2 rings (SSSR count). The van der Waals surface area contributed by atoms with Crippen LogP contribution < -0.4 is 0 Å². The summed E-state index contributed by atoms with van der Waals surface area (Å²) in [4.78, 5) is 16.6. The number of aryl methyl sites for hydroxylation is 1. The number of rotatable bonds is 2. The molecule has 0 saturated heterocycles. The Morgan fingerprint density at radius 1 is 1.22 bits per heavy atom. The van der Waals surface area contributed by atoms with Crippen LogP contribution >= 0.6 is 0 Å². The van der Waals surface area contributed by atoms with Crippen LogP contribution in [0, 0.1) is 12.3 Å². The van der Waals surface area contributed by atoms with Gasteiger partial charge >= 0.3 is 0 Å². The largest absolute Gasteiger partial charge is 0.334 e. The topological polar surface area (TPSA) is 56.0 Å². The molecular formula is C14H16N2O2. The van der Waals surface area contributed by atoms with Crippen molar-refractivity contribution in [1.29, 1.82) is 0 Å². The van der Waals surface area contributed by atoms with Crippen molar-refractivity contribution in [3.8, 4) is 11.5 Å². The quantitative estimate of drug-likeness (QED) is 0.761. The highest BCUT2D eigenvalue weighted by atomic mass is 16.5. The first-order valence-corrected chi connectivity index (χ1v) is 5.84. The molecule has 0 fully saturated rings. The molecule has 1 heterocycles. The number of nitrogens with zero attached hydrogens (tertiary/aromatic N) is 2. The molecule has 0 unspecified atom stereocenters. The molecule has 1 aromatic heterocycles. The van der Waals surface area contributed by atoms with Gasteiger partial charge < -0.3 is 4.52 Å². The standard InChI is InChI=1S/C14H16N2O2/c1-9-15-13(18-16-9)11-8-6-5-7-10(11)12(17)14(2,3)4/h5-8H,1-4H3. The second-order valence-electron chi connectivity index (χ2n) is 5.27. The van der Waals surface area contributed by atoms with Crippen LogP contribution in [0.3, 0.4) is 0 Å². The summed E-state index contributed by atoms with van der Waals surface area (Å²) in [5.74, 6) is 1.01. The normalized spacial score (nSPS) is 11.6. The Bertz CT molecular complexity index is 579. The summed E-state index contributed by atoms with van der Waals surface area (Å²) in [5.41, 5.74) is 0.872. The molecule has 94 valence electrons. The Balaban J connectivity index is 2.53. The first kappa shape index (κ1) is 12.5. The second-order valence-corrected chi connectivity index (χ2v) is 5.27. The van der Waals surface area contributed by atoms with Crippen LogP contribution in [-0.4, -0.2) is 15.9 Å². The Morgan fingerprint density at radius 3 is 2.44 bits per heavy atom. The van der Waals surface area contributed by atoms with Gasteiger partial charge in [-0.15, -0.1) is 0 Å². The van der Waals surface area contributed by atoms with Gasteiger partial charge in [0.2, 0.25) is 0 Å². The molecule has 0 bridgehead atoms. The van der Waals surface area contributed by atoms with Crippen LogP contribution in [0.1, 0.15) is 37.0 Å². The van der Waals surface area contributed by atoms with Crippen LogP contribution in [0.2, 0.25) is 0 Å². The van der Waals surface area contributed by atoms with Gasteiger partial charge in [-0.1, -0.05) is 44.1 Å². The number of hydrogen-bond acceptors (Lipinski definition) is 4. The maximum Gasteiger partial charge on any atom is 0.258 e. The van der Waals surface area contributed by atoms with Crippen molar-refractivity contribution in [2.24, 2.45) is 5.41 Å². The fourth-order valence-corrected chi connectivity index (χ4v) is 1.68. The van der Waals surface area contributed by atoms with E-state index in [0.717, 1.165) is 0 Å². The van der Waals surface area contributed by atoms with Crippen LogP contribution in [0.25, 0.3) is 11.5 Å². The van der Waals surface area contributed by atoms with E-state index in [2.05, 4.69) is 10.1 Å². The Labute approximate surface area is 106 Å². The van der Waals surface area contributed by atoms with Gasteiger partial charge in [0, 0.05) is 11.0 Å². The van der Waals surface area contributed by atoms with E-state index in [4.69, 9.17) is 4.52 Å². The van der Waals surface area contributed by atoms with E-state index < -0.39 is 5.41 Å². The van der Waals surface area contributed by atoms with Gasteiger partial charge in [0.25, 0.3) is 5.89 Å². The minimum atomic E-state index is -0.439. The zero-order valence-electron chi connectivity index (χ0n) is 11.0. The Kier molecular flexibility index (Phi) is 3.03. The van der Waals surface area contributed by atoms with Gasteiger partial charge in [-0.25, -0.2) is 0 Å². The van der Waals surface area contributed by atoms with Gasteiger partial charge in [-0.2, -0.15) is 4.98 Å². The van der Waals surface area contributed by atoms with Crippen molar-refractivity contribution in [1.82, 2.24) is 10.1 Å². The highest BCUT2D eigenvalue weighted by Crippen LogP contribution is 2.28. The molecule has 2 aromatic rings. The lowest BCUT2D eigenvalue weighted by Crippen LogP contribution is -2.20. The summed E-state index contributed by atoms with van der Waals surface area (Å²) >= 11 is 0. The number of Topliss-reactive ketones (excluding diaryl/α,β-unsaturated/α-hetero) is 1. The van der Waals surface area contributed by atoms with Crippen molar-refractivity contribution in [2.75, 3.05) is 0 Å². The van der Waals surface area contributed by atoms with Gasteiger partial charge in [0.15, 0.2) is 11.6 Å². The molecule has 0 amide bonds. The zero-order valence-corrected chi connectivity index (χ0v) is 11.0. The summed E-state index contributed by atoms with van der Waals surface area (Å²) in [5, 5.41) is 3.76. The molecule has 0 aliphatic heterocycles. The monoisotopic (exact) mass is 244 g/mol. The van der Waals surface area contributed by atoms with Crippen molar-refractivity contribution < 1.29 is 9.32 Å². The average Bonchev–Trinajstić information content (AvgIpc) is 2.73. The molecule has 0 radical (unpaired) electrons. The molecular weight excluding hydrogens is 228 g/mol. The first-order chi connectivity index (χ1) is 8.39. The first-order valence-electron chi connectivity index (χ1n) is 5.84. The second kappa shape index (κ2) is 4.37. The molecule has 0 aliphatic carbocycles. The van der Waals surface area contributed by atoms with E-state index in [1.807, 2.05) is 39.0 Å². The average molecular weight is 244 g/mol. The summed E-state index contributed by atoms with van der Waals surface area (Å²) in [6.07, 6.45) is 0. The zero-order chi connectivity index (χ0) is 13.3.